The highest BCUT2D eigenvalue weighted by atomic mass is 19.4. The number of nitrogens with zero attached hydrogens (tertiary/aromatic N) is 3. The van der Waals surface area contributed by atoms with Crippen LogP contribution in [0.25, 0.3) is 11.2 Å². The third kappa shape index (κ3) is 4.86. The molecule has 2 fully saturated rings. The highest BCUT2D eigenvalue weighted by molar-refractivity contribution is 5.94. The molecule has 0 radical (unpaired) electrons. The van der Waals surface area contributed by atoms with Crippen LogP contribution < -0.4 is 4.74 Å². The summed E-state index contributed by atoms with van der Waals surface area (Å²) in [5.41, 5.74) is 3.15. The Bertz CT molecular complexity index is 1150. The Labute approximate surface area is 194 Å². The number of halogens is 3. The lowest BCUT2D eigenvalue weighted by Crippen LogP contribution is -2.38. The second-order valence-electron chi connectivity index (χ2n) is 8.77. The van der Waals surface area contributed by atoms with E-state index in [9.17, 15) is 18.0 Å². The minimum absolute atomic E-state index is 0.196. The van der Waals surface area contributed by atoms with Crippen molar-refractivity contribution in [2.75, 3.05) is 26.3 Å². The molecular weight excluding hydrogens is 449 g/mol. The minimum atomic E-state index is -4.76. The molecule has 1 aromatic carbocycles. The molecule has 5 rings (SSSR count). The maximum Gasteiger partial charge on any atom is 0.573 e. The molecule has 3 aromatic rings. The molecule has 0 saturated carbocycles. The van der Waals surface area contributed by atoms with Crippen LogP contribution in [0.15, 0.2) is 36.5 Å². The van der Waals surface area contributed by atoms with Crippen molar-refractivity contribution in [3.05, 3.63) is 53.5 Å². The summed E-state index contributed by atoms with van der Waals surface area (Å²) in [6.07, 6.45) is 0.640. The van der Waals surface area contributed by atoms with Crippen molar-refractivity contribution >= 4 is 17.1 Å². The molecule has 4 heterocycles. The van der Waals surface area contributed by atoms with E-state index in [1.165, 1.54) is 12.1 Å². The van der Waals surface area contributed by atoms with Gasteiger partial charge >= 0.3 is 6.36 Å². The number of hydrogen-bond acceptors (Lipinski definition) is 5. The molecule has 34 heavy (non-hydrogen) atoms. The monoisotopic (exact) mass is 474 g/mol. The molecule has 2 saturated heterocycles. The number of amides is 1. The van der Waals surface area contributed by atoms with Gasteiger partial charge in [0, 0.05) is 37.4 Å². The van der Waals surface area contributed by atoms with Crippen LogP contribution >= 0.6 is 0 Å². The van der Waals surface area contributed by atoms with Crippen LogP contribution in [0.4, 0.5) is 13.2 Å². The number of alkyl halides is 3. The average molecular weight is 474 g/mol. The van der Waals surface area contributed by atoms with Gasteiger partial charge in [-0.3, -0.25) is 4.79 Å². The van der Waals surface area contributed by atoms with E-state index < -0.39 is 6.36 Å². The van der Waals surface area contributed by atoms with E-state index in [2.05, 4.69) is 14.7 Å². The van der Waals surface area contributed by atoms with Gasteiger partial charge in [-0.2, -0.15) is 0 Å². The lowest BCUT2D eigenvalue weighted by molar-refractivity contribution is -0.274. The fraction of sp³-hybridized carbons (Fsp3) is 0.458. The number of carbonyl (C=O) groups excluding carboxylic acids is 1. The van der Waals surface area contributed by atoms with E-state index in [0.717, 1.165) is 61.3 Å². The smallest absolute Gasteiger partial charge is 0.406 e. The second-order valence-corrected chi connectivity index (χ2v) is 8.77. The van der Waals surface area contributed by atoms with Gasteiger partial charge in [0.15, 0.2) is 5.65 Å². The standard InChI is InChI=1S/C24H25F3N4O3/c25-24(26,27)34-18-5-3-16(4-6-18)23(32)31-11-8-15(9-12-31)19-7-10-28-22-20(19)29-21(30-22)17-2-1-13-33-14-17/h3-7,10,15,17H,1-2,8-9,11-14H2,(H,28,29,30)/t17-/m1/s1. The maximum atomic E-state index is 12.9. The first-order chi connectivity index (χ1) is 16.4. The van der Waals surface area contributed by atoms with Crippen molar-refractivity contribution in [2.24, 2.45) is 0 Å². The first-order valence-corrected chi connectivity index (χ1v) is 11.4. The number of piperidine rings is 1. The number of likely N-dealkylation sites (tertiary alicyclic amines) is 1. The molecule has 2 aromatic heterocycles. The lowest BCUT2D eigenvalue weighted by atomic mass is 9.89. The predicted octanol–water partition coefficient (Wildman–Crippen LogP) is 4.77. The Hall–Kier alpha value is -3.14. The fourth-order valence-corrected chi connectivity index (χ4v) is 4.81. The highest BCUT2D eigenvalue weighted by Crippen LogP contribution is 2.34. The van der Waals surface area contributed by atoms with Crippen LogP contribution in [0.5, 0.6) is 5.75 Å². The summed E-state index contributed by atoms with van der Waals surface area (Å²) in [4.78, 5) is 27.2. The van der Waals surface area contributed by atoms with Crippen LogP contribution in [-0.2, 0) is 4.74 Å². The summed E-state index contributed by atoms with van der Waals surface area (Å²) in [6, 6.07) is 7.07. The first-order valence-electron chi connectivity index (χ1n) is 11.4. The third-order valence-corrected chi connectivity index (χ3v) is 6.55. The molecule has 0 spiro atoms. The SMILES string of the molecule is O=C(c1ccc(OC(F)(F)F)cc1)N1CCC(c2ccnc3nc([C@@H]4CCCOC4)[nH]c23)CC1. The van der Waals surface area contributed by atoms with E-state index in [1.807, 2.05) is 6.07 Å². The number of benzene rings is 1. The zero-order valence-corrected chi connectivity index (χ0v) is 18.5. The van der Waals surface area contributed by atoms with Crippen molar-refractivity contribution in [2.45, 2.75) is 43.9 Å². The molecule has 0 bridgehead atoms. The van der Waals surface area contributed by atoms with E-state index in [0.29, 0.717) is 30.9 Å². The summed E-state index contributed by atoms with van der Waals surface area (Å²) in [6.45, 7) is 2.58. The van der Waals surface area contributed by atoms with Gasteiger partial charge in [-0.1, -0.05) is 0 Å². The van der Waals surface area contributed by atoms with Crippen molar-refractivity contribution in [3.8, 4) is 5.75 Å². The van der Waals surface area contributed by atoms with Gasteiger partial charge in [-0.15, -0.1) is 13.2 Å². The van der Waals surface area contributed by atoms with Crippen LogP contribution in [0.3, 0.4) is 0 Å². The zero-order chi connectivity index (χ0) is 23.7. The van der Waals surface area contributed by atoms with Gasteiger partial charge in [0.05, 0.1) is 12.1 Å². The summed E-state index contributed by atoms with van der Waals surface area (Å²) in [5, 5.41) is 0. The van der Waals surface area contributed by atoms with Gasteiger partial charge in [0.1, 0.15) is 11.6 Å². The van der Waals surface area contributed by atoms with E-state index in [-0.39, 0.29) is 23.5 Å². The molecule has 0 aliphatic carbocycles. The Morgan fingerprint density at radius 2 is 1.85 bits per heavy atom. The van der Waals surface area contributed by atoms with Gasteiger partial charge in [-0.05, 0) is 67.5 Å². The van der Waals surface area contributed by atoms with Gasteiger partial charge in [0.25, 0.3) is 5.91 Å². The molecule has 1 amide bonds. The van der Waals surface area contributed by atoms with Gasteiger partial charge < -0.3 is 19.4 Å². The molecule has 2 aliphatic heterocycles. The Balaban J connectivity index is 1.25. The van der Waals surface area contributed by atoms with Crippen LogP contribution in [0.1, 0.15) is 59.3 Å². The number of imidazole rings is 1. The Morgan fingerprint density at radius 1 is 1.09 bits per heavy atom. The van der Waals surface area contributed by atoms with E-state index in [1.54, 1.807) is 11.1 Å². The topological polar surface area (TPSA) is 80.3 Å². The number of H-pyrrole nitrogens is 1. The van der Waals surface area contributed by atoms with E-state index >= 15 is 0 Å². The maximum absolute atomic E-state index is 12.9. The highest BCUT2D eigenvalue weighted by Gasteiger charge is 2.31. The van der Waals surface area contributed by atoms with Crippen molar-refractivity contribution < 1.29 is 27.4 Å². The quantitative estimate of drug-likeness (QED) is 0.589. The lowest BCUT2D eigenvalue weighted by Gasteiger charge is -2.32. The minimum Gasteiger partial charge on any atom is -0.406 e. The normalized spacial score (nSPS) is 20.0. The summed E-state index contributed by atoms with van der Waals surface area (Å²) in [7, 11) is 0. The third-order valence-electron chi connectivity index (χ3n) is 6.55. The first kappa shape index (κ1) is 22.6. The van der Waals surface area contributed by atoms with Gasteiger partial charge in [0.2, 0.25) is 0 Å². The number of hydrogen-bond donors (Lipinski definition) is 1. The largest absolute Gasteiger partial charge is 0.573 e. The number of aromatic amines is 1. The Kier molecular flexibility index (Phi) is 6.16. The van der Waals surface area contributed by atoms with E-state index in [4.69, 9.17) is 9.72 Å². The predicted molar refractivity (Wildman–Crippen MR) is 118 cm³/mol. The van der Waals surface area contributed by atoms with Gasteiger partial charge in [-0.25, -0.2) is 9.97 Å². The molecule has 2 aliphatic rings. The Morgan fingerprint density at radius 3 is 2.53 bits per heavy atom. The van der Waals surface area contributed by atoms with Crippen LogP contribution in [-0.4, -0.2) is 58.4 Å². The molecule has 7 nitrogen and oxygen atoms in total. The molecule has 10 heteroatoms. The zero-order valence-electron chi connectivity index (χ0n) is 18.5. The molecular formula is C24H25F3N4O3. The molecule has 180 valence electrons. The number of ether oxygens (including phenoxy) is 2. The summed E-state index contributed by atoms with van der Waals surface area (Å²) in [5.74, 6) is 0.887. The number of pyridine rings is 1. The number of aromatic nitrogens is 3. The van der Waals surface area contributed by atoms with Crippen molar-refractivity contribution in [1.82, 2.24) is 19.9 Å². The number of rotatable bonds is 4. The number of fused-ring (bicyclic) bond motifs is 1. The average Bonchev–Trinajstić information content (AvgIpc) is 3.28. The van der Waals surface area contributed by atoms with Crippen molar-refractivity contribution in [3.63, 3.8) is 0 Å². The molecule has 1 N–H and O–H groups in total. The van der Waals surface area contributed by atoms with Crippen LogP contribution in [0, 0.1) is 0 Å². The molecule has 1 atom stereocenters. The number of nitrogens with one attached hydrogen (secondary N) is 1. The fourth-order valence-electron chi connectivity index (χ4n) is 4.81. The number of carbonyl (C=O) groups is 1. The van der Waals surface area contributed by atoms with Crippen molar-refractivity contribution in [1.29, 1.82) is 0 Å². The van der Waals surface area contributed by atoms with Crippen LogP contribution in [0.2, 0.25) is 0 Å². The second kappa shape index (κ2) is 9.25. The summed E-state index contributed by atoms with van der Waals surface area (Å²) >= 11 is 0. The summed E-state index contributed by atoms with van der Waals surface area (Å²) < 4.78 is 46.5. The molecule has 0 unspecified atom stereocenters.